The summed E-state index contributed by atoms with van der Waals surface area (Å²) < 4.78 is 39.8. The van der Waals surface area contributed by atoms with Crippen LogP contribution in [-0.2, 0) is 11.0 Å². The molecule has 1 saturated carbocycles. The van der Waals surface area contributed by atoms with E-state index in [0.29, 0.717) is 0 Å². The molecule has 1 aliphatic heterocycles. The summed E-state index contributed by atoms with van der Waals surface area (Å²) in [6, 6.07) is 5.06. The third-order valence-corrected chi connectivity index (χ3v) is 4.83. The Morgan fingerprint density at radius 3 is 2.62 bits per heavy atom. The first-order chi connectivity index (χ1) is 11.3. The van der Waals surface area contributed by atoms with E-state index in [1.54, 1.807) is 22.9 Å². The largest absolute Gasteiger partial charge is 0.416 e. The maximum Gasteiger partial charge on any atom is 0.416 e. The van der Waals surface area contributed by atoms with Crippen molar-refractivity contribution in [2.45, 2.75) is 43.6 Å². The zero-order valence-electron chi connectivity index (χ0n) is 13.5. The summed E-state index contributed by atoms with van der Waals surface area (Å²) in [6.07, 6.45) is -3.02. The smallest absolute Gasteiger partial charge is 0.392 e. The zero-order chi connectivity index (χ0) is 17.5. The molecule has 1 aromatic rings. The molecule has 24 heavy (non-hydrogen) atoms. The van der Waals surface area contributed by atoms with E-state index in [1.807, 2.05) is 0 Å². The number of aliphatic hydroxyl groups is 1. The molecule has 0 aromatic heterocycles. The Labute approximate surface area is 138 Å². The normalized spacial score (nSPS) is 25.0. The Kier molecular flexibility index (Phi) is 4.57. The topological polar surface area (TPSA) is 43.8 Å². The first kappa shape index (κ1) is 17.2. The molecule has 1 aromatic carbocycles. The van der Waals surface area contributed by atoms with Crippen LogP contribution in [-0.4, -0.2) is 53.1 Å². The molecule has 1 heterocycles. The van der Waals surface area contributed by atoms with E-state index in [-0.39, 0.29) is 37.0 Å². The third kappa shape index (κ3) is 3.57. The Hall–Kier alpha value is -1.60. The van der Waals surface area contributed by atoms with Gasteiger partial charge in [-0.05, 0) is 30.9 Å². The van der Waals surface area contributed by atoms with Gasteiger partial charge in [-0.25, -0.2) is 0 Å². The highest BCUT2D eigenvalue weighted by Gasteiger charge is 2.41. The van der Waals surface area contributed by atoms with Gasteiger partial charge in [0.25, 0.3) is 0 Å². The van der Waals surface area contributed by atoms with Crippen LogP contribution in [0.3, 0.4) is 0 Å². The molecular weight excluding hydrogens is 321 g/mol. The summed E-state index contributed by atoms with van der Waals surface area (Å²) in [7, 11) is 1.73. The van der Waals surface area contributed by atoms with Gasteiger partial charge in [0.2, 0.25) is 5.91 Å². The van der Waals surface area contributed by atoms with Gasteiger partial charge in [0.15, 0.2) is 0 Å². The Morgan fingerprint density at radius 1 is 1.33 bits per heavy atom. The van der Waals surface area contributed by atoms with Crippen molar-refractivity contribution in [1.82, 2.24) is 9.80 Å². The Morgan fingerprint density at radius 2 is 2.00 bits per heavy atom. The van der Waals surface area contributed by atoms with Gasteiger partial charge in [0.1, 0.15) is 0 Å². The van der Waals surface area contributed by atoms with Crippen molar-refractivity contribution in [2.24, 2.45) is 0 Å². The molecule has 1 saturated heterocycles. The van der Waals surface area contributed by atoms with Crippen LogP contribution in [0, 0.1) is 0 Å². The predicted octanol–water partition coefficient (Wildman–Crippen LogP) is 2.43. The fraction of sp³-hybridized carbons (Fsp3) is 0.588. The number of halogens is 3. The van der Waals surface area contributed by atoms with Gasteiger partial charge in [-0.15, -0.1) is 0 Å². The van der Waals surface area contributed by atoms with E-state index in [4.69, 9.17) is 0 Å². The molecule has 1 amide bonds. The standard InChI is InChI=1S/C17H21F3N2O2/c1-21(11-6-7-11)16(24)10-22-9-12(23)8-15(22)13-4-2-3-5-14(13)17(18,19)20/h2-5,11-12,15,23H,6-10H2,1H3. The molecule has 2 aliphatic rings. The molecule has 2 atom stereocenters. The van der Waals surface area contributed by atoms with Gasteiger partial charge in [0.05, 0.1) is 18.2 Å². The zero-order valence-corrected chi connectivity index (χ0v) is 13.5. The van der Waals surface area contributed by atoms with E-state index in [0.717, 1.165) is 18.9 Å². The SMILES string of the molecule is CN(C(=O)CN1CC(O)CC1c1ccccc1C(F)(F)F)C1CC1. The number of hydrogen-bond acceptors (Lipinski definition) is 3. The van der Waals surface area contributed by atoms with Crippen molar-refractivity contribution in [3.05, 3.63) is 35.4 Å². The number of carbonyl (C=O) groups is 1. The molecular formula is C17H21F3N2O2. The lowest BCUT2D eigenvalue weighted by molar-refractivity contribution is -0.138. The highest BCUT2D eigenvalue weighted by molar-refractivity contribution is 5.78. The second kappa shape index (κ2) is 6.37. The van der Waals surface area contributed by atoms with Crippen LogP contribution in [0.2, 0.25) is 0 Å². The number of likely N-dealkylation sites (tertiary alicyclic amines) is 1. The number of alkyl halides is 3. The highest BCUT2D eigenvalue weighted by Crippen LogP contribution is 2.40. The second-order valence-corrected chi connectivity index (χ2v) is 6.66. The molecule has 7 heteroatoms. The predicted molar refractivity (Wildman–Crippen MR) is 82.2 cm³/mol. The summed E-state index contributed by atoms with van der Waals surface area (Å²) in [5.41, 5.74) is -0.569. The fourth-order valence-corrected chi connectivity index (χ4v) is 3.37. The first-order valence-electron chi connectivity index (χ1n) is 8.11. The average molecular weight is 342 g/mol. The maximum absolute atomic E-state index is 13.3. The van der Waals surface area contributed by atoms with Crippen molar-refractivity contribution in [2.75, 3.05) is 20.1 Å². The van der Waals surface area contributed by atoms with E-state index in [9.17, 15) is 23.1 Å². The van der Waals surface area contributed by atoms with Crippen molar-refractivity contribution < 1.29 is 23.1 Å². The molecule has 0 bridgehead atoms. The van der Waals surface area contributed by atoms with Crippen LogP contribution < -0.4 is 0 Å². The number of rotatable bonds is 4. The minimum atomic E-state index is -4.45. The number of likely N-dealkylation sites (N-methyl/N-ethyl adjacent to an activating group) is 1. The molecule has 3 rings (SSSR count). The summed E-state index contributed by atoms with van der Waals surface area (Å²) >= 11 is 0. The molecule has 1 aliphatic carbocycles. The summed E-state index contributed by atoms with van der Waals surface area (Å²) in [6.45, 7) is 0.238. The maximum atomic E-state index is 13.3. The monoisotopic (exact) mass is 342 g/mol. The molecule has 4 nitrogen and oxygen atoms in total. The number of nitrogens with zero attached hydrogens (tertiary/aromatic N) is 2. The van der Waals surface area contributed by atoms with Gasteiger partial charge in [-0.1, -0.05) is 18.2 Å². The number of hydrogen-bond donors (Lipinski definition) is 1. The molecule has 2 unspecified atom stereocenters. The highest BCUT2D eigenvalue weighted by atomic mass is 19.4. The Bertz CT molecular complexity index is 616. The van der Waals surface area contributed by atoms with E-state index in [1.165, 1.54) is 12.1 Å². The first-order valence-corrected chi connectivity index (χ1v) is 8.11. The number of carbonyl (C=O) groups excluding carboxylic acids is 1. The number of β-amino-alcohol motifs (C(OH)–C–C–N with tert-alkyl or cyclic N) is 1. The van der Waals surface area contributed by atoms with Crippen molar-refractivity contribution in [1.29, 1.82) is 0 Å². The summed E-state index contributed by atoms with van der Waals surface area (Å²) in [5, 5.41) is 9.95. The Balaban J connectivity index is 1.82. The van der Waals surface area contributed by atoms with Crippen LogP contribution in [0.4, 0.5) is 13.2 Å². The van der Waals surface area contributed by atoms with Crippen LogP contribution in [0.25, 0.3) is 0 Å². The van der Waals surface area contributed by atoms with Crippen molar-refractivity contribution in [3.63, 3.8) is 0 Å². The minimum absolute atomic E-state index is 0.0287. The van der Waals surface area contributed by atoms with E-state index >= 15 is 0 Å². The molecule has 0 radical (unpaired) electrons. The van der Waals surface area contributed by atoms with Crippen LogP contribution >= 0.6 is 0 Å². The van der Waals surface area contributed by atoms with Crippen LogP contribution in [0.15, 0.2) is 24.3 Å². The lowest BCUT2D eigenvalue weighted by Crippen LogP contribution is -2.39. The molecule has 132 valence electrons. The molecule has 2 fully saturated rings. The summed E-state index contributed by atoms with van der Waals surface area (Å²) in [5.74, 6) is -0.110. The van der Waals surface area contributed by atoms with E-state index < -0.39 is 23.9 Å². The van der Waals surface area contributed by atoms with Gasteiger partial charge in [-0.3, -0.25) is 9.69 Å². The van der Waals surface area contributed by atoms with Gasteiger partial charge in [0, 0.05) is 25.7 Å². The quantitative estimate of drug-likeness (QED) is 0.914. The van der Waals surface area contributed by atoms with E-state index in [2.05, 4.69) is 0 Å². The minimum Gasteiger partial charge on any atom is -0.392 e. The third-order valence-electron chi connectivity index (χ3n) is 4.83. The number of benzene rings is 1. The number of amides is 1. The number of aliphatic hydroxyl groups excluding tert-OH is 1. The lowest BCUT2D eigenvalue weighted by atomic mass is 9.97. The van der Waals surface area contributed by atoms with Gasteiger partial charge in [-0.2, -0.15) is 13.2 Å². The van der Waals surface area contributed by atoms with Crippen molar-refractivity contribution >= 4 is 5.91 Å². The van der Waals surface area contributed by atoms with Gasteiger partial charge < -0.3 is 10.0 Å². The fourth-order valence-electron chi connectivity index (χ4n) is 3.37. The molecule has 1 N–H and O–H groups in total. The molecule has 0 spiro atoms. The second-order valence-electron chi connectivity index (χ2n) is 6.66. The van der Waals surface area contributed by atoms with Gasteiger partial charge >= 0.3 is 6.18 Å². The van der Waals surface area contributed by atoms with Crippen LogP contribution in [0.5, 0.6) is 0 Å². The average Bonchev–Trinajstić information content (AvgIpc) is 3.29. The van der Waals surface area contributed by atoms with Crippen LogP contribution in [0.1, 0.15) is 36.4 Å². The summed E-state index contributed by atoms with van der Waals surface area (Å²) in [4.78, 5) is 15.7. The van der Waals surface area contributed by atoms with Crippen molar-refractivity contribution in [3.8, 4) is 0 Å². The lowest BCUT2D eigenvalue weighted by Gasteiger charge is -2.28.